The molecule has 0 aromatic heterocycles. The van der Waals surface area contributed by atoms with E-state index < -0.39 is 0 Å². The van der Waals surface area contributed by atoms with E-state index in [1.807, 2.05) is 12.1 Å². The second kappa shape index (κ2) is 4.96. The fourth-order valence-corrected chi connectivity index (χ4v) is 2.36. The molecule has 1 saturated carbocycles. The molecule has 2 nitrogen and oxygen atoms in total. The van der Waals surface area contributed by atoms with Gasteiger partial charge in [-0.15, -0.1) is 0 Å². The first-order valence-corrected chi connectivity index (χ1v) is 5.67. The first-order valence-electron chi connectivity index (χ1n) is 5.67. The summed E-state index contributed by atoms with van der Waals surface area (Å²) < 4.78 is 0. The van der Waals surface area contributed by atoms with Crippen molar-refractivity contribution in [2.24, 2.45) is 5.16 Å². The Bertz CT molecular complexity index is 323. The summed E-state index contributed by atoms with van der Waals surface area (Å²) in [5.74, 6) is 0.749. The molecule has 80 valence electrons. The summed E-state index contributed by atoms with van der Waals surface area (Å²) in [7, 11) is 0. The molecule has 0 aliphatic heterocycles. The molecule has 15 heavy (non-hydrogen) atoms. The normalized spacial score (nSPS) is 18.4. The summed E-state index contributed by atoms with van der Waals surface area (Å²) in [6.45, 7) is 0. The van der Waals surface area contributed by atoms with Gasteiger partial charge in [-0.3, -0.25) is 0 Å². The van der Waals surface area contributed by atoms with Crippen LogP contribution in [0.3, 0.4) is 0 Å². The van der Waals surface area contributed by atoms with Crippen LogP contribution in [0.15, 0.2) is 29.4 Å². The van der Waals surface area contributed by atoms with Crippen molar-refractivity contribution in [2.75, 3.05) is 0 Å². The lowest BCUT2D eigenvalue weighted by Gasteiger charge is -2.21. The van der Waals surface area contributed by atoms with Gasteiger partial charge in [0.2, 0.25) is 0 Å². The molecule has 0 amide bonds. The van der Waals surface area contributed by atoms with Crippen molar-refractivity contribution < 1.29 is 5.21 Å². The van der Waals surface area contributed by atoms with Gasteiger partial charge in [-0.05, 0) is 29.9 Å². The zero-order chi connectivity index (χ0) is 10.5. The SMILES string of the molecule is ON=Cc1ccc(C2CCCCC2)cc1. The Morgan fingerprint density at radius 1 is 1.07 bits per heavy atom. The van der Waals surface area contributed by atoms with E-state index in [9.17, 15) is 0 Å². The van der Waals surface area contributed by atoms with Crippen molar-refractivity contribution in [1.29, 1.82) is 0 Å². The molecule has 1 aliphatic rings. The van der Waals surface area contributed by atoms with Crippen LogP contribution in [0, 0.1) is 0 Å². The van der Waals surface area contributed by atoms with Gasteiger partial charge < -0.3 is 5.21 Å². The maximum Gasteiger partial charge on any atom is 0.0733 e. The predicted molar refractivity (Wildman–Crippen MR) is 61.6 cm³/mol. The van der Waals surface area contributed by atoms with Crippen molar-refractivity contribution in [2.45, 2.75) is 38.0 Å². The fourth-order valence-electron chi connectivity index (χ4n) is 2.36. The minimum absolute atomic E-state index is 0.749. The van der Waals surface area contributed by atoms with Crippen LogP contribution >= 0.6 is 0 Å². The predicted octanol–water partition coefficient (Wildman–Crippen LogP) is 3.54. The van der Waals surface area contributed by atoms with Crippen LogP contribution in [0.1, 0.15) is 49.1 Å². The van der Waals surface area contributed by atoms with Gasteiger partial charge in [-0.2, -0.15) is 0 Å². The van der Waals surface area contributed by atoms with Crippen molar-refractivity contribution >= 4 is 6.21 Å². The molecule has 0 heterocycles. The molecule has 0 saturated heterocycles. The molecule has 0 atom stereocenters. The Balaban J connectivity index is 2.08. The number of benzene rings is 1. The molecule has 2 rings (SSSR count). The van der Waals surface area contributed by atoms with Crippen LogP contribution in [0.25, 0.3) is 0 Å². The van der Waals surface area contributed by atoms with Gasteiger partial charge in [0.1, 0.15) is 0 Å². The molecule has 0 spiro atoms. The van der Waals surface area contributed by atoms with Gasteiger partial charge in [0.25, 0.3) is 0 Å². The topological polar surface area (TPSA) is 32.6 Å². The van der Waals surface area contributed by atoms with Crippen LogP contribution in [0.4, 0.5) is 0 Å². The number of hydrogen-bond acceptors (Lipinski definition) is 2. The van der Waals surface area contributed by atoms with Crippen LogP contribution in [-0.4, -0.2) is 11.4 Å². The van der Waals surface area contributed by atoms with Gasteiger partial charge in [0, 0.05) is 0 Å². The van der Waals surface area contributed by atoms with Crippen LogP contribution in [-0.2, 0) is 0 Å². The van der Waals surface area contributed by atoms with E-state index in [2.05, 4.69) is 17.3 Å². The van der Waals surface area contributed by atoms with Gasteiger partial charge in [-0.25, -0.2) is 0 Å². The molecule has 1 aromatic rings. The standard InChI is InChI=1S/C13H17NO/c15-14-10-11-6-8-13(9-7-11)12-4-2-1-3-5-12/h6-10,12,15H,1-5H2. The van der Waals surface area contributed by atoms with E-state index in [4.69, 9.17) is 5.21 Å². The third-order valence-electron chi connectivity index (χ3n) is 3.22. The van der Waals surface area contributed by atoms with E-state index in [0.29, 0.717) is 0 Å². The molecule has 1 aromatic carbocycles. The summed E-state index contributed by atoms with van der Waals surface area (Å²) >= 11 is 0. The molecule has 1 aliphatic carbocycles. The fraction of sp³-hybridized carbons (Fsp3) is 0.462. The highest BCUT2D eigenvalue weighted by molar-refractivity contribution is 5.78. The summed E-state index contributed by atoms with van der Waals surface area (Å²) in [6.07, 6.45) is 8.24. The third-order valence-corrected chi connectivity index (χ3v) is 3.22. The number of rotatable bonds is 2. The molecule has 0 radical (unpaired) electrons. The van der Waals surface area contributed by atoms with Crippen molar-refractivity contribution in [3.8, 4) is 0 Å². The van der Waals surface area contributed by atoms with Crippen molar-refractivity contribution in [1.82, 2.24) is 0 Å². The van der Waals surface area contributed by atoms with Gasteiger partial charge in [0.05, 0.1) is 6.21 Å². The van der Waals surface area contributed by atoms with Crippen LogP contribution in [0.2, 0.25) is 0 Å². The van der Waals surface area contributed by atoms with Crippen LogP contribution in [0.5, 0.6) is 0 Å². The van der Waals surface area contributed by atoms with Crippen molar-refractivity contribution in [3.05, 3.63) is 35.4 Å². The Labute approximate surface area is 90.6 Å². The van der Waals surface area contributed by atoms with Gasteiger partial charge in [0.15, 0.2) is 0 Å². The quantitative estimate of drug-likeness (QED) is 0.445. The lowest BCUT2D eigenvalue weighted by Crippen LogP contribution is -2.04. The minimum atomic E-state index is 0.749. The minimum Gasteiger partial charge on any atom is -0.411 e. The summed E-state index contributed by atoms with van der Waals surface area (Å²) in [6, 6.07) is 8.35. The van der Waals surface area contributed by atoms with Crippen molar-refractivity contribution in [3.63, 3.8) is 0 Å². The van der Waals surface area contributed by atoms with Crippen LogP contribution < -0.4 is 0 Å². The Morgan fingerprint density at radius 3 is 2.33 bits per heavy atom. The van der Waals surface area contributed by atoms with E-state index in [1.54, 1.807) is 0 Å². The lowest BCUT2D eigenvalue weighted by molar-refractivity contribution is 0.322. The monoisotopic (exact) mass is 203 g/mol. The average Bonchev–Trinajstić information content (AvgIpc) is 2.32. The second-order valence-corrected chi connectivity index (χ2v) is 4.25. The van der Waals surface area contributed by atoms with Gasteiger partial charge >= 0.3 is 0 Å². The molecule has 2 heteroatoms. The highest BCUT2D eigenvalue weighted by Crippen LogP contribution is 2.32. The molecule has 0 unspecified atom stereocenters. The average molecular weight is 203 g/mol. The number of hydrogen-bond donors (Lipinski definition) is 1. The summed E-state index contributed by atoms with van der Waals surface area (Å²) in [4.78, 5) is 0. The smallest absolute Gasteiger partial charge is 0.0733 e. The number of nitrogens with zero attached hydrogens (tertiary/aromatic N) is 1. The Morgan fingerprint density at radius 2 is 1.73 bits per heavy atom. The maximum atomic E-state index is 8.41. The Hall–Kier alpha value is -1.31. The zero-order valence-corrected chi connectivity index (χ0v) is 8.89. The second-order valence-electron chi connectivity index (χ2n) is 4.25. The molecular formula is C13H17NO. The molecule has 1 N–H and O–H groups in total. The first-order chi connectivity index (χ1) is 7.40. The van der Waals surface area contributed by atoms with E-state index >= 15 is 0 Å². The number of oxime groups is 1. The van der Waals surface area contributed by atoms with E-state index in [0.717, 1.165) is 11.5 Å². The Kier molecular flexibility index (Phi) is 3.38. The maximum absolute atomic E-state index is 8.41. The summed E-state index contributed by atoms with van der Waals surface area (Å²) in [5.41, 5.74) is 2.39. The molecule has 0 bridgehead atoms. The van der Waals surface area contributed by atoms with Gasteiger partial charge in [-0.1, -0.05) is 48.7 Å². The summed E-state index contributed by atoms with van der Waals surface area (Å²) in [5, 5.41) is 11.4. The molecular weight excluding hydrogens is 186 g/mol. The first kappa shape index (κ1) is 10.2. The highest BCUT2D eigenvalue weighted by atomic mass is 16.4. The van der Waals surface area contributed by atoms with E-state index in [1.165, 1.54) is 43.9 Å². The lowest BCUT2D eigenvalue weighted by atomic mass is 9.84. The van der Waals surface area contributed by atoms with E-state index in [-0.39, 0.29) is 0 Å². The zero-order valence-electron chi connectivity index (χ0n) is 8.89. The molecule has 1 fully saturated rings. The highest BCUT2D eigenvalue weighted by Gasteiger charge is 2.14. The largest absolute Gasteiger partial charge is 0.411 e. The third kappa shape index (κ3) is 2.58.